The highest BCUT2D eigenvalue weighted by atomic mass is 16.5. The average molecular weight is 251 g/mol. The Labute approximate surface area is 106 Å². The number of ether oxygens (including phenoxy) is 2. The molecule has 0 saturated heterocycles. The maximum Gasteiger partial charge on any atom is 0.337 e. The van der Waals surface area contributed by atoms with Crippen molar-refractivity contribution in [2.24, 2.45) is 0 Å². The van der Waals surface area contributed by atoms with E-state index in [-0.39, 0.29) is 18.0 Å². The van der Waals surface area contributed by atoms with E-state index < -0.39 is 0 Å². The molecule has 0 aliphatic carbocycles. The predicted octanol–water partition coefficient (Wildman–Crippen LogP) is 1.12. The molecule has 0 spiro atoms. The number of carbonyl (C=O) groups is 2. The van der Waals surface area contributed by atoms with Gasteiger partial charge >= 0.3 is 11.9 Å². The van der Waals surface area contributed by atoms with Crippen LogP contribution in [0.2, 0.25) is 0 Å². The Morgan fingerprint density at radius 3 is 2.28 bits per heavy atom. The molecule has 5 nitrogen and oxygen atoms in total. The van der Waals surface area contributed by atoms with Gasteiger partial charge in [0, 0.05) is 6.54 Å². The van der Waals surface area contributed by atoms with Crippen molar-refractivity contribution in [1.29, 1.82) is 0 Å². The molecule has 98 valence electrons. The molecule has 0 saturated carbocycles. The first-order chi connectivity index (χ1) is 8.58. The fourth-order valence-corrected chi connectivity index (χ4v) is 1.41. The summed E-state index contributed by atoms with van der Waals surface area (Å²) < 4.78 is 9.21. The molecule has 0 bridgehead atoms. The second-order valence-electron chi connectivity index (χ2n) is 3.81. The van der Waals surface area contributed by atoms with Crippen molar-refractivity contribution in [3.05, 3.63) is 35.4 Å². The molecule has 1 N–H and O–H groups in total. The average Bonchev–Trinajstić information content (AvgIpc) is 2.43. The van der Waals surface area contributed by atoms with Gasteiger partial charge in [-0.05, 0) is 24.6 Å². The molecule has 0 amide bonds. The molecule has 0 radical (unpaired) electrons. The summed E-state index contributed by atoms with van der Waals surface area (Å²) in [4.78, 5) is 22.4. The summed E-state index contributed by atoms with van der Waals surface area (Å²) in [6, 6.07) is 6.62. The Morgan fingerprint density at radius 2 is 1.78 bits per heavy atom. The summed E-state index contributed by atoms with van der Waals surface area (Å²) in [6.45, 7) is 2.26. The maximum atomic E-state index is 11.2. The molecule has 1 rings (SSSR count). The van der Waals surface area contributed by atoms with Crippen LogP contribution in [0.4, 0.5) is 0 Å². The fourth-order valence-electron chi connectivity index (χ4n) is 1.41. The smallest absolute Gasteiger partial charge is 0.337 e. The summed E-state index contributed by atoms with van der Waals surface area (Å²) in [5.41, 5.74) is 1.47. The van der Waals surface area contributed by atoms with Gasteiger partial charge in [-0.3, -0.25) is 4.79 Å². The third-order valence-corrected chi connectivity index (χ3v) is 2.54. The Balaban J connectivity index is 2.54. The van der Waals surface area contributed by atoms with Gasteiger partial charge in [0.2, 0.25) is 0 Å². The summed E-state index contributed by atoms with van der Waals surface area (Å²) in [6.07, 6.45) is 0. The van der Waals surface area contributed by atoms with Crippen LogP contribution in [-0.2, 0) is 20.8 Å². The lowest BCUT2D eigenvalue weighted by Gasteiger charge is -2.11. The van der Waals surface area contributed by atoms with Gasteiger partial charge in [0.1, 0.15) is 6.04 Å². The van der Waals surface area contributed by atoms with Crippen LogP contribution >= 0.6 is 0 Å². The quantitative estimate of drug-likeness (QED) is 0.794. The lowest BCUT2D eigenvalue weighted by Crippen LogP contribution is -2.34. The van der Waals surface area contributed by atoms with E-state index in [9.17, 15) is 9.59 Å². The minimum atomic E-state index is -0.365. The molecule has 1 aromatic rings. The lowest BCUT2D eigenvalue weighted by molar-refractivity contribution is -0.142. The van der Waals surface area contributed by atoms with E-state index in [4.69, 9.17) is 0 Å². The number of hydrogen-bond acceptors (Lipinski definition) is 5. The van der Waals surface area contributed by atoms with Gasteiger partial charge in [0.05, 0.1) is 19.8 Å². The van der Waals surface area contributed by atoms with Crippen LogP contribution in [-0.4, -0.2) is 32.2 Å². The topological polar surface area (TPSA) is 64.6 Å². The number of carbonyl (C=O) groups excluding carboxylic acids is 2. The summed E-state index contributed by atoms with van der Waals surface area (Å²) in [5.74, 6) is -0.668. The third-order valence-electron chi connectivity index (χ3n) is 2.54. The largest absolute Gasteiger partial charge is 0.468 e. The third kappa shape index (κ3) is 3.85. The molecule has 1 atom stereocenters. The van der Waals surface area contributed by atoms with Crippen LogP contribution < -0.4 is 5.32 Å². The van der Waals surface area contributed by atoms with Crippen molar-refractivity contribution < 1.29 is 19.1 Å². The molecule has 0 unspecified atom stereocenters. The first-order valence-corrected chi connectivity index (χ1v) is 5.57. The predicted molar refractivity (Wildman–Crippen MR) is 66.1 cm³/mol. The Morgan fingerprint density at radius 1 is 1.17 bits per heavy atom. The zero-order valence-electron chi connectivity index (χ0n) is 10.7. The molecule has 0 fully saturated rings. The Kier molecular flexibility index (Phi) is 5.32. The zero-order chi connectivity index (χ0) is 13.5. The Hall–Kier alpha value is -1.88. The summed E-state index contributed by atoms with van der Waals surface area (Å²) >= 11 is 0. The highest BCUT2D eigenvalue weighted by Gasteiger charge is 2.11. The zero-order valence-corrected chi connectivity index (χ0v) is 10.7. The van der Waals surface area contributed by atoms with E-state index in [2.05, 4.69) is 14.8 Å². The highest BCUT2D eigenvalue weighted by molar-refractivity contribution is 5.89. The van der Waals surface area contributed by atoms with Crippen LogP contribution in [0.5, 0.6) is 0 Å². The first-order valence-electron chi connectivity index (χ1n) is 5.57. The van der Waals surface area contributed by atoms with E-state index in [0.29, 0.717) is 12.1 Å². The maximum absolute atomic E-state index is 11.2. The van der Waals surface area contributed by atoms with Crippen LogP contribution in [0.15, 0.2) is 24.3 Å². The number of esters is 2. The molecule has 0 aromatic heterocycles. The van der Waals surface area contributed by atoms with Gasteiger partial charge in [-0.2, -0.15) is 0 Å². The molecule has 0 heterocycles. The lowest BCUT2D eigenvalue weighted by atomic mass is 10.1. The molecule has 18 heavy (non-hydrogen) atoms. The van der Waals surface area contributed by atoms with Crippen molar-refractivity contribution in [3.63, 3.8) is 0 Å². The second kappa shape index (κ2) is 6.76. The van der Waals surface area contributed by atoms with Crippen LogP contribution in [0.3, 0.4) is 0 Å². The van der Waals surface area contributed by atoms with E-state index in [1.807, 2.05) is 12.1 Å². The van der Waals surface area contributed by atoms with Crippen LogP contribution in [0, 0.1) is 0 Å². The molecular weight excluding hydrogens is 234 g/mol. The number of methoxy groups -OCH3 is 2. The van der Waals surface area contributed by atoms with Crippen molar-refractivity contribution in [1.82, 2.24) is 5.32 Å². The second-order valence-corrected chi connectivity index (χ2v) is 3.81. The van der Waals surface area contributed by atoms with Crippen molar-refractivity contribution in [3.8, 4) is 0 Å². The number of rotatable bonds is 5. The first kappa shape index (κ1) is 14.2. The van der Waals surface area contributed by atoms with Gasteiger partial charge in [0.15, 0.2) is 0 Å². The minimum Gasteiger partial charge on any atom is -0.468 e. The molecule has 1 aromatic carbocycles. The van der Waals surface area contributed by atoms with Crippen LogP contribution in [0.1, 0.15) is 22.8 Å². The van der Waals surface area contributed by atoms with E-state index in [1.165, 1.54) is 14.2 Å². The molecule has 0 aliphatic heterocycles. The van der Waals surface area contributed by atoms with Crippen molar-refractivity contribution in [2.45, 2.75) is 19.5 Å². The normalized spacial score (nSPS) is 11.7. The highest BCUT2D eigenvalue weighted by Crippen LogP contribution is 2.06. The monoisotopic (exact) mass is 251 g/mol. The van der Waals surface area contributed by atoms with Gasteiger partial charge in [-0.15, -0.1) is 0 Å². The van der Waals surface area contributed by atoms with Crippen molar-refractivity contribution >= 4 is 11.9 Å². The Bertz CT molecular complexity index is 414. The van der Waals surface area contributed by atoms with Crippen molar-refractivity contribution in [2.75, 3.05) is 14.2 Å². The molecular formula is C13H17NO4. The number of benzene rings is 1. The minimum absolute atomic E-state index is 0.304. The van der Waals surface area contributed by atoms with E-state index in [0.717, 1.165) is 5.56 Å². The summed E-state index contributed by atoms with van der Waals surface area (Å²) in [5, 5.41) is 3.02. The van der Waals surface area contributed by atoms with Gasteiger partial charge < -0.3 is 14.8 Å². The number of hydrogen-bond donors (Lipinski definition) is 1. The van der Waals surface area contributed by atoms with Gasteiger partial charge in [-0.25, -0.2) is 4.79 Å². The van der Waals surface area contributed by atoms with Gasteiger partial charge in [0.25, 0.3) is 0 Å². The summed E-state index contributed by atoms with van der Waals surface area (Å²) in [7, 11) is 2.70. The molecule has 5 heteroatoms. The van der Waals surface area contributed by atoms with E-state index >= 15 is 0 Å². The fraction of sp³-hybridized carbons (Fsp3) is 0.385. The van der Waals surface area contributed by atoms with Crippen LogP contribution in [0.25, 0.3) is 0 Å². The van der Waals surface area contributed by atoms with Gasteiger partial charge in [-0.1, -0.05) is 12.1 Å². The standard InChI is InChI=1S/C13H17NO4/c1-9(12(15)17-2)14-8-10-4-6-11(7-5-10)13(16)18-3/h4-7,9,14H,8H2,1-3H3/t9-/m0/s1. The molecule has 0 aliphatic rings. The van der Waals surface area contributed by atoms with E-state index in [1.54, 1.807) is 19.1 Å². The SMILES string of the molecule is COC(=O)c1ccc(CN[C@@H](C)C(=O)OC)cc1. The number of nitrogens with one attached hydrogen (secondary N) is 1.